The van der Waals surface area contributed by atoms with Crippen molar-refractivity contribution in [2.45, 2.75) is 6.92 Å². The number of ether oxygens (including phenoxy) is 1. The van der Waals surface area contributed by atoms with Crippen molar-refractivity contribution in [3.8, 4) is 11.5 Å². The number of hydrogen-bond acceptors (Lipinski definition) is 5. The van der Waals surface area contributed by atoms with Crippen molar-refractivity contribution in [3.05, 3.63) is 29.3 Å². The molecule has 1 aromatic heterocycles. The van der Waals surface area contributed by atoms with Gasteiger partial charge in [0.2, 0.25) is 5.89 Å². The molecule has 0 saturated carbocycles. The minimum atomic E-state index is 0.156. The zero-order chi connectivity index (χ0) is 12.1. The van der Waals surface area contributed by atoms with Gasteiger partial charge in [-0.1, -0.05) is 16.7 Å². The molecular formula is C11H10ClN3O2. The lowest BCUT2D eigenvalue weighted by molar-refractivity contribution is 0.343. The molecule has 5 nitrogen and oxygen atoms in total. The van der Waals surface area contributed by atoms with Crippen molar-refractivity contribution in [2.24, 2.45) is 4.99 Å². The van der Waals surface area contributed by atoms with Gasteiger partial charge in [0.25, 0.3) is 0 Å². The molecular weight excluding hydrogens is 242 g/mol. The third-order valence-corrected chi connectivity index (χ3v) is 2.16. The van der Waals surface area contributed by atoms with Gasteiger partial charge in [0.05, 0.1) is 6.61 Å². The maximum Gasteiger partial charge on any atom is 0.345 e. The van der Waals surface area contributed by atoms with Gasteiger partial charge in [-0.15, -0.1) is 5.10 Å². The summed E-state index contributed by atoms with van der Waals surface area (Å²) in [5, 5.41) is 8.28. The molecule has 6 heteroatoms. The number of rotatable bonds is 4. The Hall–Kier alpha value is -1.88. The molecule has 0 amide bonds. The second-order valence-electron chi connectivity index (χ2n) is 3.09. The Labute approximate surface area is 103 Å². The van der Waals surface area contributed by atoms with Crippen LogP contribution in [0, 0.1) is 0 Å². The molecule has 0 N–H and O–H groups in total. The van der Waals surface area contributed by atoms with Gasteiger partial charge < -0.3 is 9.15 Å². The van der Waals surface area contributed by atoms with E-state index in [1.165, 1.54) is 6.40 Å². The molecule has 0 atom stereocenters. The Bertz CT molecular complexity index is 508. The van der Waals surface area contributed by atoms with Crippen molar-refractivity contribution in [1.82, 2.24) is 10.2 Å². The van der Waals surface area contributed by atoms with Crippen LogP contribution < -0.4 is 0 Å². The van der Waals surface area contributed by atoms with E-state index >= 15 is 0 Å². The lowest BCUT2D eigenvalue weighted by Crippen LogP contribution is -1.83. The molecule has 0 spiro atoms. The summed E-state index contributed by atoms with van der Waals surface area (Å²) in [6, 6.07) is 7.26. The third-order valence-electron chi connectivity index (χ3n) is 1.91. The Kier molecular flexibility index (Phi) is 3.72. The van der Waals surface area contributed by atoms with Crippen molar-refractivity contribution >= 4 is 24.0 Å². The van der Waals surface area contributed by atoms with E-state index in [4.69, 9.17) is 20.8 Å². The molecule has 1 aromatic carbocycles. The van der Waals surface area contributed by atoms with E-state index in [0.717, 1.165) is 5.56 Å². The van der Waals surface area contributed by atoms with Gasteiger partial charge >= 0.3 is 6.01 Å². The molecule has 88 valence electrons. The van der Waals surface area contributed by atoms with Crippen molar-refractivity contribution < 1.29 is 9.15 Å². The number of aromatic nitrogens is 2. The average Bonchev–Trinajstić information content (AvgIpc) is 2.79. The predicted molar refractivity (Wildman–Crippen MR) is 64.5 cm³/mol. The minimum absolute atomic E-state index is 0.156. The molecule has 0 radical (unpaired) electrons. The Balaban J connectivity index is 2.15. The molecule has 0 aliphatic carbocycles. The van der Waals surface area contributed by atoms with E-state index < -0.39 is 0 Å². The first kappa shape index (κ1) is 11.6. The van der Waals surface area contributed by atoms with E-state index in [1.807, 2.05) is 6.92 Å². The molecule has 0 bridgehead atoms. The summed E-state index contributed by atoms with van der Waals surface area (Å²) in [5.74, 6) is 0.394. The number of nitrogens with zero attached hydrogens (tertiary/aromatic N) is 3. The second kappa shape index (κ2) is 5.45. The summed E-state index contributed by atoms with van der Waals surface area (Å²) < 4.78 is 10.2. The average molecular weight is 252 g/mol. The van der Waals surface area contributed by atoms with Crippen LogP contribution in [0.4, 0.5) is 6.01 Å². The first-order valence-corrected chi connectivity index (χ1v) is 5.41. The molecule has 1 heterocycles. The lowest BCUT2D eigenvalue weighted by atomic mass is 10.2. The molecule has 2 rings (SSSR count). The molecule has 0 saturated heterocycles. The van der Waals surface area contributed by atoms with Crippen LogP contribution in [-0.4, -0.2) is 23.2 Å². The number of halogens is 1. The quantitative estimate of drug-likeness (QED) is 0.619. The van der Waals surface area contributed by atoms with Gasteiger partial charge in [-0.05, 0) is 31.2 Å². The van der Waals surface area contributed by atoms with Crippen LogP contribution in [0.25, 0.3) is 11.5 Å². The highest BCUT2D eigenvalue weighted by molar-refractivity contribution is 6.30. The normalized spacial score (nSPS) is 10.9. The van der Waals surface area contributed by atoms with Gasteiger partial charge in [-0.3, -0.25) is 0 Å². The van der Waals surface area contributed by atoms with Crippen LogP contribution >= 0.6 is 11.6 Å². The Morgan fingerprint density at radius 3 is 2.82 bits per heavy atom. The van der Waals surface area contributed by atoms with Gasteiger partial charge in [0.1, 0.15) is 0 Å². The second-order valence-corrected chi connectivity index (χ2v) is 3.52. The highest BCUT2D eigenvalue weighted by Crippen LogP contribution is 2.22. The lowest BCUT2D eigenvalue weighted by Gasteiger charge is -1.93. The van der Waals surface area contributed by atoms with Crippen LogP contribution in [0.5, 0.6) is 0 Å². The molecule has 0 aliphatic heterocycles. The number of hydrogen-bond donors (Lipinski definition) is 0. The number of aliphatic imine (C=N–C) groups is 1. The maximum absolute atomic E-state index is 5.78. The van der Waals surface area contributed by atoms with Crippen LogP contribution in [0.3, 0.4) is 0 Å². The zero-order valence-electron chi connectivity index (χ0n) is 9.13. The van der Waals surface area contributed by atoms with Crippen LogP contribution in [0.1, 0.15) is 6.92 Å². The van der Waals surface area contributed by atoms with E-state index in [9.17, 15) is 0 Å². The Morgan fingerprint density at radius 2 is 2.12 bits per heavy atom. The van der Waals surface area contributed by atoms with Crippen LogP contribution in [0.15, 0.2) is 33.7 Å². The largest absolute Gasteiger partial charge is 0.483 e. The number of benzene rings is 1. The first-order chi connectivity index (χ1) is 8.29. The SMILES string of the molecule is CCO/C=N/c1nnc(-c2ccc(Cl)cc2)o1. The zero-order valence-corrected chi connectivity index (χ0v) is 9.89. The van der Waals surface area contributed by atoms with Crippen LogP contribution in [-0.2, 0) is 4.74 Å². The van der Waals surface area contributed by atoms with Crippen molar-refractivity contribution in [3.63, 3.8) is 0 Å². The first-order valence-electron chi connectivity index (χ1n) is 5.03. The predicted octanol–water partition coefficient (Wildman–Crippen LogP) is 3.09. The third kappa shape index (κ3) is 3.04. The maximum atomic E-state index is 5.78. The molecule has 17 heavy (non-hydrogen) atoms. The van der Waals surface area contributed by atoms with Crippen molar-refractivity contribution in [1.29, 1.82) is 0 Å². The summed E-state index contributed by atoms with van der Waals surface area (Å²) in [7, 11) is 0. The monoisotopic (exact) mass is 251 g/mol. The minimum Gasteiger partial charge on any atom is -0.483 e. The summed E-state index contributed by atoms with van der Waals surface area (Å²) >= 11 is 5.78. The summed E-state index contributed by atoms with van der Waals surface area (Å²) in [6.07, 6.45) is 1.28. The van der Waals surface area contributed by atoms with Gasteiger partial charge in [-0.25, -0.2) is 0 Å². The van der Waals surface area contributed by atoms with E-state index in [2.05, 4.69) is 15.2 Å². The van der Waals surface area contributed by atoms with Crippen LogP contribution in [0.2, 0.25) is 5.02 Å². The van der Waals surface area contributed by atoms with Gasteiger partial charge in [0.15, 0.2) is 6.40 Å². The fourth-order valence-electron chi connectivity index (χ4n) is 1.13. The molecule has 2 aromatic rings. The highest BCUT2D eigenvalue weighted by atomic mass is 35.5. The standard InChI is InChI=1S/C11H10ClN3O2/c1-2-16-7-13-11-15-14-10(17-11)8-3-5-9(12)6-4-8/h3-7H,2H2,1H3/b13-7+. The van der Waals surface area contributed by atoms with Crippen molar-refractivity contribution in [2.75, 3.05) is 6.61 Å². The summed E-state index contributed by atoms with van der Waals surface area (Å²) in [5.41, 5.74) is 0.791. The highest BCUT2D eigenvalue weighted by Gasteiger charge is 2.06. The van der Waals surface area contributed by atoms with E-state index in [-0.39, 0.29) is 6.01 Å². The van der Waals surface area contributed by atoms with E-state index in [1.54, 1.807) is 24.3 Å². The topological polar surface area (TPSA) is 60.5 Å². The smallest absolute Gasteiger partial charge is 0.345 e. The fraction of sp³-hybridized carbons (Fsp3) is 0.182. The summed E-state index contributed by atoms with van der Waals surface area (Å²) in [6.45, 7) is 2.40. The van der Waals surface area contributed by atoms with E-state index in [0.29, 0.717) is 17.5 Å². The van der Waals surface area contributed by atoms with Gasteiger partial charge in [-0.2, -0.15) is 4.99 Å². The summed E-state index contributed by atoms with van der Waals surface area (Å²) in [4.78, 5) is 3.85. The molecule has 0 aliphatic rings. The molecule has 0 unspecified atom stereocenters. The fourth-order valence-corrected chi connectivity index (χ4v) is 1.26. The Morgan fingerprint density at radius 1 is 1.35 bits per heavy atom. The van der Waals surface area contributed by atoms with Gasteiger partial charge in [0, 0.05) is 10.6 Å². The molecule has 0 fully saturated rings.